The summed E-state index contributed by atoms with van der Waals surface area (Å²) in [5, 5.41) is 8.91. The van der Waals surface area contributed by atoms with Gasteiger partial charge >= 0.3 is 0 Å². The standard InChI is InChI=1S/C22H26F2N6O/c1-16-13-17(2)30(25-16)21-5-6-22(31)29(26-21)12-11-27-7-9-28(10-8-27)15-18-14-19(23)3-4-20(18)24/h3-6,13-14H,7-12,15H2,1-2H3. The zero-order valence-electron chi connectivity index (χ0n) is 17.8. The van der Waals surface area contributed by atoms with Crippen molar-refractivity contribution in [1.82, 2.24) is 29.4 Å². The molecule has 1 fully saturated rings. The molecule has 2 aromatic heterocycles. The maximum atomic E-state index is 13.9. The Bertz CT molecular complexity index is 1120. The van der Waals surface area contributed by atoms with Crippen molar-refractivity contribution in [1.29, 1.82) is 0 Å². The summed E-state index contributed by atoms with van der Waals surface area (Å²) in [6, 6.07) is 8.73. The molecule has 7 nitrogen and oxygen atoms in total. The zero-order chi connectivity index (χ0) is 22.0. The molecule has 1 aromatic carbocycles. The molecular weight excluding hydrogens is 402 g/mol. The predicted octanol–water partition coefficient (Wildman–Crippen LogP) is 2.14. The Kier molecular flexibility index (Phi) is 6.24. The first-order valence-corrected chi connectivity index (χ1v) is 10.4. The second-order valence-electron chi connectivity index (χ2n) is 7.95. The molecule has 0 N–H and O–H groups in total. The topological polar surface area (TPSA) is 59.2 Å². The van der Waals surface area contributed by atoms with Crippen LogP contribution in [0.3, 0.4) is 0 Å². The first kappa shape index (κ1) is 21.3. The van der Waals surface area contributed by atoms with Gasteiger partial charge in [0.15, 0.2) is 5.82 Å². The highest BCUT2D eigenvalue weighted by molar-refractivity contribution is 5.23. The highest BCUT2D eigenvalue weighted by Crippen LogP contribution is 2.14. The third-order valence-electron chi connectivity index (χ3n) is 5.57. The smallest absolute Gasteiger partial charge is 0.266 e. The lowest BCUT2D eigenvalue weighted by Gasteiger charge is -2.34. The molecule has 0 saturated carbocycles. The summed E-state index contributed by atoms with van der Waals surface area (Å²) in [4.78, 5) is 16.6. The van der Waals surface area contributed by atoms with Gasteiger partial charge in [-0.2, -0.15) is 5.10 Å². The fourth-order valence-corrected chi connectivity index (χ4v) is 3.88. The monoisotopic (exact) mass is 428 g/mol. The van der Waals surface area contributed by atoms with E-state index >= 15 is 0 Å². The second-order valence-corrected chi connectivity index (χ2v) is 7.95. The van der Waals surface area contributed by atoms with Crippen LogP contribution in [0.15, 0.2) is 41.2 Å². The van der Waals surface area contributed by atoms with Crippen LogP contribution in [0.5, 0.6) is 0 Å². The molecule has 31 heavy (non-hydrogen) atoms. The summed E-state index contributed by atoms with van der Waals surface area (Å²) in [6.07, 6.45) is 0. The Balaban J connectivity index is 1.33. The van der Waals surface area contributed by atoms with Crippen molar-refractivity contribution in [2.24, 2.45) is 0 Å². The van der Waals surface area contributed by atoms with Gasteiger partial charge in [0.1, 0.15) is 11.6 Å². The summed E-state index contributed by atoms with van der Waals surface area (Å²) in [6.45, 7) is 8.53. The molecule has 3 aromatic rings. The van der Waals surface area contributed by atoms with E-state index in [2.05, 4.69) is 20.0 Å². The van der Waals surface area contributed by atoms with Crippen LogP contribution in [-0.2, 0) is 13.1 Å². The summed E-state index contributed by atoms with van der Waals surface area (Å²) in [5.41, 5.74) is 2.09. The molecule has 1 saturated heterocycles. The Morgan fingerprint density at radius 2 is 1.65 bits per heavy atom. The van der Waals surface area contributed by atoms with Gasteiger partial charge in [-0.25, -0.2) is 18.1 Å². The quantitative estimate of drug-likeness (QED) is 0.602. The minimum Gasteiger partial charge on any atom is -0.299 e. The lowest BCUT2D eigenvalue weighted by molar-refractivity contribution is 0.121. The van der Waals surface area contributed by atoms with E-state index in [9.17, 15) is 13.6 Å². The van der Waals surface area contributed by atoms with Crippen molar-refractivity contribution in [3.63, 3.8) is 0 Å². The third-order valence-corrected chi connectivity index (χ3v) is 5.57. The van der Waals surface area contributed by atoms with E-state index in [0.717, 1.165) is 43.6 Å². The molecule has 0 atom stereocenters. The van der Waals surface area contributed by atoms with Crippen LogP contribution in [0, 0.1) is 25.5 Å². The lowest BCUT2D eigenvalue weighted by Crippen LogP contribution is -2.47. The number of piperazine rings is 1. The molecule has 0 spiro atoms. The minimum absolute atomic E-state index is 0.148. The van der Waals surface area contributed by atoms with Gasteiger partial charge in [0.2, 0.25) is 0 Å². The van der Waals surface area contributed by atoms with Crippen molar-refractivity contribution >= 4 is 0 Å². The van der Waals surface area contributed by atoms with Crippen molar-refractivity contribution in [3.05, 3.63) is 75.3 Å². The number of aryl methyl sites for hydroxylation is 2. The van der Waals surface area contributed by atoms with E-state index in [0.29, 0.717) is 31.0 Å². The second kappa shape index (κ2) is 9.07. The number of hydrogen-bond acceptors (Lipinski definition) is 5. The molecule has 9 heteroatoms. The molecule has 1 aliphatic heterocycles. The normalized spacial score (nSPS) is 15.5. The highest BCUT2D eigenvalue weighted by atomic mass is 19.1. The van der Waals surface area contributed by atoms with E-state index in [1.807, 2.05) is 19.9 Å². The van der Waals surface area contributed by atoms with Crippen molar-refractivity contribution in [2.75, 3.05) is 32.7 Å². The molecular formula is C22H26F2N6O. The SMILES string of the molecule is Cc1cc(C)n(-c2ccc(=O)n(CCN3CCN(Cc4cc(F)ccc4F)CC3)n2)n1. The van der Waals surface area contributed by atoms with E-state index < -0.39 is 5.82 Å². The van der Waals surface area contributed by atoms with Gasteiger partial charge in [-0.05, 0) is 44.2 Å². The molecule has 0 bridgehead atoms. The molecule has 4 rings (SSSR count). The fraction of sp³-hybridized carbons (Fsp3) is 0.409. The van der Waals surface area contributed by atoms with Crippen molar-refractivity contribution in [3.8, 4) is 5.82 Å². The number of hydrogen-bond donors (Lipinski definition) is 0. The Morgan fingerprint density at radius 3 is 2.35 bits per heavy atom. The largest absolute Gasteiger partial charge is 0.299 e. The molecule has 0 aliphatic carbocycles. The molecule has 164 valence electrons. The summed E-state index contributed by atoms with van der Waals surface area (Å²) in [5.74, 6) is -0.181. The summed E-state index contributed by atoms with van der Waals surface area (Å²) < 4.78 is 30.5. The van der Waals surface area contributed by atoms with Crippen LogP contribution in [0.2, 0.25) is 0 Å². The third kappa shape index (κ3) is 5.05. The van der Waals surface area contributed by atoms with Gasteiger partial charge in [-0.3, -0.25) is 14.6 Å². The number of halogens is 2. The Hall–Kier alpha value is -2.91. The Morgan fingerprint density at radius 1 is 0.903 bits per heavy atom. The van der Waals surface area contributed by atoms with Crippen LogP contribution in [-0.4, -0.2) is 62.1 Å². The predicted molar refractivity (Wildman–Crippen MR) is 113 cm³/mol. The van der Waals surface area contributed by atoms with Gasteiger partial charge in [-0.15, -0.1) is 5.10 Å². The highest BCUT2D eigenvalue weighted by Gasteiger charge is 2.18. The van der Waals surface area contributed by atoms with Gasteiger partial charge in [0.05, 0.1) is 12.2 Å². The van der Waals surface area contributed by atoms with Gasteiger partial charge in [-0.1, -0.05) is 0 Å². The van der Waals surface area contributed by atoms with Crippen LogP contribution >= 0.6 is 0 Å². The van der Waals surface area contributed by atoms with Crippen LogP contribution in [0.1, 0.15) is 17.0 Å². The minimum atomic E-state index is -0.421. The summed E-state index contributed by atoms with van der Waals surface area (Å²) >= 11 is 0. The molecule has 3 heterocycles. The van der Waals surface area contributed by atoms with Crippen molar-refractivity contribution in [2.45, 2.75) is 26.9 Å². The van der Waals surface area contributed by atoms with Gasteiger partial charge < -0.3 is 0 Å². The fourth-order valence-electron chi connectivity index (χ4n) is 3.88. The van der Waals surface area contributed by atoms with Crippen LogP contribution in [0.25, 0.3) is 5.82 Å². The first-order valence-electron chi connectivity index (χ1n) is 10.4. The average Bonchev–Trinajstić information content (AvgIpc) is 3.09. The van der Waals surface area contributed by atoms with E-state index in [-0.39, 0.29) is 11.4 Å². The van der Waals surface area contributed by atoms with Crippen LogP contribution < -0.4 is 5.56 Å². The van der Waals surface area contributed by atoms with Crippen molar-refractivity contribution < 1.29 is 8.78 Å². The zero-order valence-corrected chi connectivity index (χ0v) is 17.8. The molecule has 0 radical (unpaired) electrons. The maximum absolute atomic E-state index is 13.9. The average molecular weight is 428 g/mol. The molecule has 0 unspecified atom stereocenters. The summed E-state index contributed by atoms with van der Waals surface area (Å²) in [7, 11) is 0. The maximum Gasteiger partial charge on any atom is 0.266 e. The van der Waals surface area contributed by atoms with E-state index in [1.165, 1.54) is 22.9 Å². The first-order chi connectivity index (χ1) is 14.9. The number of aromatic nitrogens is 4. The van der Waals surface area contributed by atoms with E-state index in [4.69, 9.17) is 0 Å². The number of benzene rings is 1. The number of nitrogens with zero attached hydrogens (tertiary/aromatic N) is 6. The number of rotatable bonds is 6. The van der Waals surface area contributed by atoms with Gasteiger partial charge in [0.25, 0.3) is 5.56 Å². The van der Waals surface area contributed by atoms with E-state index in [1.54, 1.807) is 10.7 Å². The molecule has 1 aliphatic rings. The van der Waals surface area contributed by atoms with Gasteiger partial charge in [0, 0.05) is 56.6 Å². The molecule has 0 amide bonds. The van der Waals surface area contributed by atoms with Crippen LogP contribution in [0.4, 0.5) is 8.78 Å². The Labute approximate surface area is 179 Å². The lowest BCUT2D eigenvalue weighted by atomic mass is 10.1.